The molecule has 3 rings (SSSR count). The van der Waals surface area contributed by atoms with Crippen molar-refractivity contribution >= 4 is 29.5 Å². The summed E-state index contributed by atoms with van der Waals surface area (Å²) < 4.78 is 0. The van der Waals surface area contributed by atoms with E-state index in [0.29, 0.717) is 11.9 Å². The molecule has 6 nitrogen and oxygen atoms in total. The first kappa shape index (κ1) is 19.3. The maximum Gasteiger partial charge on any atom is 0.373 e. The minimum absolute atomic E-state index is 0. The number of para-hydroxylation sites is 1. The third-order valence-corrected chi connectivity index (χ3v) is 2.56. The molecule has 4 N–H and O–H groups in total. The van der Waals surface area contributed by atoms with Gasteiger partial charge in [-0.25, -0.2) is 0 Å². The Morgan fingerprint density at radius 1 is 0.909 bits per heavy atom. The molecular formula is C15H16ClN3O3. The van der Waals surface area contributed by atoms with E-state index in [0.717, 1.165) is 5.52 Å². The third-order valence-electron chi connectivity index (χ3n) is 2.56. The molecule has 0 fully saturated rings. The summed E-state index contributed by atoms with van der Waals surface area (Å²) in [6, 6.07) is 17.3. The Morgan fingerprint density at radius 3 is 1.95 bits per heavy atom. The van der Waals surface area contributed by atoms with Gasteiger partial charge in [-0.15, -0.1) is 12.4 Å². The molecule has 0 aliphatic carbocycles. The molecule has 0 aliphatic rings. The van der Waals surface area contributed by atoms with Crippen LogP contribution < -0.4 is 11.3 Å². The van der Waals surface area contributed by atoms with Gasteiger partial charge in [-0.3, -0.25) is 15.0 Å². The molecule has 3 aromatic rings. The number of hydrogen-bond donors (Lipinski definition) is 3. The molecular weight excluding hydrogens is 306 g/mol. The number of H-pyrrole nitrogens is 2. The highest BCUT2D eigenvalue weighted by molar-refractivity contribution is 5.85. The molecule has 0 aliphatic heterocycles. The van der Waals surface area contributed by atoms with Gasteiger partial charge >= 0.3 is 6.15 Å². The fourth-order valence-corrected chi connectivity index (χ4v) is 1.60. The van der Waals surface area contributed by atoms with Crippen molar-refractivity contribution in [3.63, 3.8) is 0 Å². The topological polar surface area (TPSA) is 109 Å². The summed E-state index contributed by atoms with van der Waals surface area (Å²) in [4.78, 5) is 27.1. The van der Waals surface area contributed by atoms with Gasteiger partial charge in [-0.05, 0) is 17.7 Å². The zero-order valence-electron chi connectivity index (χ0n) is 11.6. The molecule has 0 unspecified atom stereocenters. The van der Waals surface area contributed by atoms with Crippen molar-refractivity contribution in [2.24, 2.45) is 5.73 Å². The minimum Gasteiger partial charge on any atom is -0.326 e. The predicted molar refractivity (Wildman–Crippen MR) is 85.5 cm³/mol. The van der Waals surface area contributed by atoms with Crippen LogP contribution >= 0.6 is 12.4 Å². The first-order chi connectivity index (χ1) is 10.2. The van der Waals surface area contributed by atoms with E-state index in [1.807, 2.05) is 48.5 Å². The molecule has 1 aromatic heterocycles. The zero-order chi connectivity index (χ0) is 15.5. The van der Waals surface area contributed by atoms with Gasteiger partial charge in [-0.2, -0.15) is 9.59 Å². The number of nitrogens with one attached hydrogen (secondary N) is 2. The smallest absolute Gasteiger partial charge is 0.326 e. The zero-order valence-corrected chi connectivity index (χ0v) is 12.4. The van der Waals surface area contributed by atoms with E-state index in [1.54, 1.807) is 6.07 Å². The van der Waals surface area contributed by atoms with E-state index < -0.39 is 0 Å². The molecule has 0 atom stereocenters. The minimum atomic E-state index is -0.0596. The van der Waals surface area contributed by atoms with E-state index in [2.05, 4.69) is 10.2 Å². The SMILES string of the molecule is Cl.NCc1ccccc1.O=C=O.O=c1[nH][nH]c2ccccc12. The van der Waals surface area contributed by atoms with Crippen molar-refractivity contribution in [1.29, 1.82) is 0 Å². The second kappa shape index (κ2) is 11.0. The van der Waals surface area contributed by atoms with Crippen LogP contribution in [0.1, 0.15) is 5.56 Å². The molecule has 0 radical (unpaired) electrons. The molecule has 0 saturated carbocycles. The predicted octanol–water partition coefficient (Wildman–Crippen LogP) is 1.84. The van der Waals surface area contributed by atoms with Gasteiger partial charge in [0.05, 0.1) is 10.9 Å². The van der Waals surface area contributed by atoms with Crippen molar-refractivity contribution in [2.45, 2.75) is 6.54 Å². The lowest BCUT2D eigenvalue weighted by Crippen LogP contribution is -1.96. The number of benzene rings is 2. The maximum atomic E-state index is 10.9. The summed E-state index contributed by atoms with van der Waals surface area (Å²) in [5, 5.41) is 5.96. The lowest BCUT2D eigenvalue weighted by Gasteiger charge is -1.90. The Kier molecular flexibility index (Phi) is 9.71. The number of hydrogen-bond acceptors (Lipinski definition) is 4. The second-order valence-corrected chi connectivity index (χ2v) is 3.90. The molecule has 1 heterocycles. The number of aromatic amines is 2. The largest absolute Gasteiger partial charge is 0.373 e. The van der Waals surface area contributed by atoms with Gasteiger partial charge in [0.1, 0.15) is 0 Å². The number of fused-ring (bicyclic) bond motifs is 1. The fourth-order valence-electron chi connectivity index (χ4n) is 1.60. The molecule has 116 valence electrons. The average Bonchev–Trinajstić information content (AvgIpc) is 2.91. The molecule has 0 amide bonds. The monoisotopic (exact) mass is 321 g/mol. The van der Waals surface area contributed by atoms with E-state index >= 15 is 0 Å². The van der Waals surface area contributed by atoms with Gasteiger partial charge in [0.15, 0.2) is 0 Å². The van der Waals surface area contributed by atoms with Crippen LogP contribution in [0.2, 0.25) is 0 Å². The molecule has 0 saturated heterocycles. The van der Waals surface area contributed by atoms with Crippen LogP contribution in [0.25, 0.3) is 10.9 Å². The summed E-state index contributed by atoms with van der Waals surface area (Å²) in [5.41, 5.74) is 7.33. The second-order valence-electron chi connectivity index (χ2n) is 3.90. The summed E-state index contributed by atoms with van der Waals surface area (Å²) in [6.07, 6.45) is 0.250. The lowest BCUT2D eigenvalue weighted by molar-refractivity contribution is -0.191. The average molecular weight is 322 g/mol. The number of halogens is 1. The number of nitrogens with two attached hydrogens (primary N) is 1. The van der Waals surface area contributed by atoms with Gasteiger partial charge in [0.2, 0.25) is 0 Å². The van der Waals surface area contributed by atoms with Crippen LogP contribution in [0.15, 0.2) is 59.4 Å². The first-order valence-corrected chi connectivity index (χ1v) is 6.11. The summed E-state index contributed by atoms with van der Waals surface area (Å²) in [7, 11) is 0. The van der Waals surface area contributed by atoms with Crippen LogP contribution in [-0.4, -0.2) is 16.3 Å². The van der Waals surface area contributed by atoms with Crippen LogP contribution in [0.4, 0.5) is 0 Å². The normalized spacial score (nSPS) is 8.41. The highest BCUT2D eigenvalue weighted by Gasteiger charge is 1.95. The third kappa shape index (κ3) is 6.19. The van der Waals surface area contributed by atoms with Crippen LogP contribution in [0.5, 0.6) is 0 Å². The Labute approximate surface area is 132 Å². The van der Waals surface area contributed by atoms with Crippen LogP contribution in [-0.2, 0) is 16.1 Å². The maximum absolute atomic E-state index is 10.9. The van der Waals surface area contributed by atoms with Gasteiger partial charge in [0.25, 0.3) is 5.56 Å². The highest BCUT2D eigenvalue weighted by atomic mass is 35.5. The number of rotatable bonds is 1. The summed E-state index contributed by atoms with van der Waals surface area (Å²) >= 11 is 0. The Bertz CT molecular complexity index is 747. The molecule has 0 spiro atoms. The van der Waals surface area contributed by atoms with Crippen molar-refractivity contribution in [2.75, 3.05) is 0 Å². The van der Waals surface area contributed by atoms with E-state index in [9.17, 15) is 4.79 Å². The van der Waals surface area contributed by atoms with Crippen molar-refractivity contribution in [3.8, 4) is 0 Å². The Morgan fingerprint density at radius 2 is 1.45 bits per heavy atom. The standard InChI is InChI=1S/C7H6N2O.C7H9N.CO2.ClH/c10-7-5-3-1-2-4-6(5)8-9-7;8-6-7-4-2-1-3-5-7;2-1-3;/h1-4H,(H2,8,9,10);1-5H,6,8H2;;1H. The summed E-state index contributed by atoms with van der Waals surface area (Å²) in [6.45, 7) is 0.640. The number of carbonyl (C=O) groups excluding carboxylic acids is 2. The quantitative estimate of drug-likeness (QED) is 0.635. The van der Waals surface area contributed by atoms with Crippen molar-refractivity contribution in [1.82, 2.24) is 10.2 Å². The molecule has 22 heavy (non-hydrogen) atoms. The highest BCUT2D eigenvalue weighted by Crippen LogP contribution is 2.02. The van der Waals surface area contributed by atoms with Crippen LogP contribution in [0, 0.1) is 0 Å². The van der Waals surface area contributed by atoms with E-state index in [1.165, 1.54) is 5.56 Å². The number of aromatic nitrogens is 2. The van der Waals surface area contributed by atoms with Gasteiger partial charge in [0, 0.05) is 6.54 Å². The van der Waals surface area contributed by atoms with Gasteiger partial charge in [-0.1, -0.05) is 42.5 Å². The van der Waals surface area contributed by atoms with Crippen molar-refractivity contribution < 1.29 is 9.59 Å². The molecule has 0 bridgehead atoms. The van der Waals surface area contributed by atoms with E-state index in [-0.39, 0.29) is 24.1 Å². The Balaban J connectivity index is 0.000000335. The summed E-state index contributed by atoms with van der Waals surface area (Å²) in [5.74, 6) is 0. The Hall–Kier alpha value is -2.66. The fraction of sp³-hybridized carbons (Fsp3) is 0.0667. The van der Waals surface area contributed by atoms with Crippen molar-refractivity contribution in [3.05, 3.63) is 70.5 Å². The first-order valence-electron chi connectivity index (χ1n) is 6.11. The van der Waals surface area contributed by atoms with Crippen LogP contribution in [0.3, 0.4) is 0 Å². The van der Waals surface area contributed by atoms with E-state index in [4.69, 9.17) is 15.3 Å². The lowest BCUT2D eigenvalue weighted by atomic mass is 10.2. The van der Waals surface area contributed by atoms with Gasteiger partial charge < -0.3 is 5.73 Å². The molecule has 7 heteroatoms. The molecule has 2 aromatic carbocycles.